The Kier molecular flexibility index (Phi) is 7.08. The van der Waals surface area contributed by atoms with E-state index in [1.807, 2.05) is 72.4 Å². The zero-order valence-electron chi connectivity index (χ0n) is 21.4. The summed E-state index contributed by atoms with van der Waals surface area (Å²) in [5.41, 5.74) is 11.9. The maximum Gasteiger partial charge on any atom is 0.272 e. The SMILES string of the molecule is CCN(CC)CC=Cc1cnc(N)c2c(-c3ccc(NC(=O)c4cc5ccccc5n4C)cc3)csc12. The molecule has 0 aliphatic heterocycles. The van der Waals surface area contributed by atoms with E-state index in [2.05, 4.69) is 46.6 Å². The number of carbonyl (C=O) groups excluding carboxylic acids is 1. The van der Waals surface area contributed by atoms with Crippen LogP contribution >= 0.6 is 11.3 Å². The van der Waals surface area contributed by atoms with Crippen molar-refractivity contribution in [3.63, 3.8) is 0 Å². The molecule has 0 aliphatic carbocycles. The van der Waals surface area contributed by atoms with E-state index in [1.165, 1.54) is 0 Å². The highest BCUT2D eigenvalue weighted by atomic mass is 32.1. The Bertz CT molecular complexity index is 1590. The molecular weight excluding hydrogens is 478 g/mol. The molecule has 2 aromatic carbocycles. The average Bonchev–Trinajstić information content (AvgIpc) is 3.51. The van der Waals surface area contributed by atoms with Gasteiger partial charge >= 0.3 is 0 Å². The van der Waals surface area contributed by atoms with Crippen LogP contribution in [0.4, 0.5) is 11.5 Å². The van der Waals surface area contributed by atoms with E-state index < -0.39 is 0 Å². The maximum atomic E-state index is 13.0. The lowest BCUT2D eigenvalue weighted by Crippen LogP contribution is -2.22. The molecule has 0 aliphatic rings. The Labute approximate surface area is 221 Å². The molecule has 0 saturated carbocycles. The highest BCUT2D eigenvalue weighted by Gasteiger charge is 2.15. The van der Waals surface area contributed by atoms with Crippen LogP contribution in [0.3, 0.4) is 0 Å². The fraction of sp³-hybridized carbons (Fsp3) is 0.200. The van der Waals surface area contributed by atoms with E-state index in [0.29, 0.717) is 11.5 Å². The second kappa shape index (κ2) is 10.6. The largest absolute Gasteiger partial charge is 0.383 e. The molecule has 37 heavy (non-hydrogen) atoms. The van der Waals surface area contributed by atoms with Crippen LogP contribution in [0, 0.1) is 0 Å². The number of fused-ring (bicyclic) bond motifs is 2. The molecule has 7 heteroatoms. The molecular formula is C30H31N5OS. The van der Waals surface area contributed by atoms with Gasteiger partial charge < -0.3 is 20.5 Å². The van der Waals surface area contributed by atoms with Crippen LogP contribution in [0.25, 0.3) is 38.2 Å². The predicted molar refractivity (Wildman–Crippen MR) is 157 cm³/mol. The first-order valence-electron chi connectivity index (χ1n) is 12.5. The number of likely N-dealkylation sites (N-methyl/N-ethyl adjacent to an activating group) is 1. The molecule has 188 valence electrons. The number of amides is 1. The maximum absolute atomic E-state index is 13.0. The summed E-state index contributed by atoms with van der Waals surface area (Å²) in [5.74, 6) is 0.391. The van der Waals surface area contributed by atoms with Gasteiger partial charge in [0.05, 0.1) is 0 Å². The van der Waals surface area contributed by atoms with Crippen LogP contribution in [0.1, 0.15) is 29.9 Å². The fourth-order valence-electron chi connectivity index (χ4n) is 4.66. The summed E-state index contributed by atoms with van der Waals surface area (Å²) in [6.45, 7) is 7.30. The molecule has 0 saturated heterocycles. The molecule has 3 N–H and O–H groups in total. The molecule has 0 spiro atoms. The van der Waals surface area contributed by atoms with Crippen molar-refractivity contribution in [3.05, 3.63) is 83.5 Å². The average molecular weight is 510 g/mol. The molecule has 6 nitrogen and oxygen atoms in total. The third kappa shape index (κ3) is 4.88. The summed E-state index contributed by atoms with van der Waals surface area (Å²) >= 11 is 1.68. The number of benzene rings is 2. The van der Waals surface area contributed by atoms with Crippen molar-refractivity contribution in [2.75, 3.05) is 30.7 Å². The molecule has 0 fully saturated rings. The molecule has 3 heterocycles. The van der Waals surface area contributed by atoms with Crippen molar-refractivity contribution in [3.8, 4) is 11.1 Å². The molecule has 0 unspecified atom stereocenters. The number of aryl methyl sites for hydroxylation is 1. The standard InChI is InChI=1S/C30H31N5OS/c1-4-35(5-2)16-8-10-22-18-32-29(31)27-24(19-37-28(22)27)20-12-14-23(15-13-20)33-30(36)26-17-21-9-6-7-11-25(21)34(26)3/h6-15,17-19H,4-5,16H2,1-3H3,(H2,31,32)(H,33,36). The van der Waals surface area contributed by atoms with Crippen molar-refractivity contribution in [2.24, 2.45) is 7.05 Å². The first-order chi connectivity index (χ1) is 18.0. The zero-order chi connectivity index (χ0) is 25.9. The number of anilines is 2. The summed E-state index contributed by atoms with van der Waals surface area (Å²) in [4.78, 5) is 19.8. The minimum Gasteiger partial charge on any atom is -0.383 e. The van der Waals surface area contributed by atoms with Gasteiger partial charge in [-0.3, -0.25) is 4.79 Å². The van der Waals surface area contributed by atoms with Crippen LogP contribution in [-0.2, 0) is 7.05 Å². The number of carbonyl (C=O) groups is 1. The van der Waals surface area contributed by atoms with Crippen molar-refractivity contribution in [1.29, 1.82) is 0 Å². The normalized spacial score (nSPS) is 11.8. The van der Waals surface area contributed by atoms with Crippen LogP contribution in [-0.4, -0.2) is 40.0 Å². The molecule has 5 rings (SSSR count). The highest BCUT2D eigenvalue weighted by Crippen LogP contribution is 2.39. The number of para-hydroxylation sites is 1. The number of rotatable bonds is 8. The Balaban J connectivity index is 1.38. The van der Waals surface area contributed by atoms with E-state index >= 15 is 0 Å². The molecule has 5 aromatic rings. The van der Waals surface area contributed by atoms with Gasteiger partial charge in [0.15, 0.2) is 0 Å². The van der Waals surface area contributed by atoms with Gasteiger partial charge in [-0.15, -0.1) is 11.3 Å². The first kappa shape index (κ1) is 24.7. The molecule has 0 atom stereocenters. The highest BCUT2D eigenvalue weighted by molar-refractivity contribution is 7.18. The van der Waals surface area contributed by atoms with Gasteiger partial charge in [-0.1, -0.05) is 56.3 Å². The van der Waals surface area contributed by atoms with Gasteiger partial charge in [0.2, 0.25) is 0 Å². The van der Waals surface area contributed by atoms with Crippen molar-refractivity contribution in [1.82, 2.24) is 14.5 Å². The van der Waals surface area contributed by atoms with E-state index in [-0.39, 0.29) is 5.91 Å². The van der Waals surface area contributed by atoms with E-state index in [0.717, 1.165) is 63.0 Å². The number of nitrogen functional groups attached to an aromatic ring is 1. The fourth-order valence-corrected chi connectivity index (χ4v) is 5.74. The van der Waals surface area contributed by atoms with Crippen molar-refractivity contribution < 1.29 is 4.79 Å². The summed E-state index contributed by atoms with van der Waals surface area (Å²) < 4.78 is 3.05. The summed E-state index contributed by atoms with van der Waals surface area (Å²) in [6.07, 6.45) is 6.17. The minimum atomic E-state index is -0.137. The van der Waals surface area contributed by atoms with Gasteiger partial charge in [0, 0.05) is 57.6 Å². The Hall–Kier alpha value is -3.94. The third-order valence-electron chi connectivity index (χ3n) is 6.85. The summed E-state index contributed by atoms with van der Waals surface area (Å²) in [6, 6.07) is 17.8. The molecule has 1 amide bonds. The summed E-state index contributed by atoms with van der Waals surface area (Å²) in [7, 11) is 1.91. The van der Waals surface area contributed by atoms with Crippen LogP contribution in [0.2, 0.25) is 0 Å². The Morgan fingerprint density at radius 2 is 1.89 bits per heavy atom. The van der Waals surface area contributed by atoms with Crippen LogP contribution in [0.15, 0.2) is 72.3 Å². The number of aromatic nitrogens is 2. The van der Waals surface area contributed by atoms with Gasteiger partial charge in [-0.25, -0.2) is 4.98 Å². The monoisotopic (exact) mass is 509 g/mol. The minimum absolute atomic E-state index is 0.137. The Morgan fingerprint density at radius 1 is 1.14 bits per heavy atom. The predicted octanol–water partition coefficient (Wildman–Crippen LogP) is 6.64. The van der Waals surface area contributed by atoms with Crippen molar-refractivity contribution >= 4 is 55.8 Å². The first-order valence-corrected chi connectivity index (χ1v) is 13.4. The molecule has 0 radical (unpaired) electrons. The number of nitrogens with two attached hydrogens (primary N) is 1. The lowest BCUT2D eigenvalue weighted by molar-refractivity contribution is 0.101. The lowest BCUT2D eigenvalue weighted by atomic mass is 10.0. The second-order valence-electron chi connectivity index (χ2n) is 9.02. The number of nitrogens with zero attached hydrogens (tertiary/aromatic N) is 3. The number of pyridine rings is 1. The quantitative estimate of drug-likeness (QED) is 0.246. The van der Waals surface area contributed by atoms with Crippen LogP contribution in [0.5, 0.6) is 0 Å². The summed E-state index contributed by atoms with van der Waals surface area (Å²) in [5, 5.41) is 7.18. The van der Waals surface area contributed by atoms with Crippen molar-refractivity contribution in [2.45, 2.75) is 13.8 Å². The van der Waals surface area contributed by atoms with Gasteiger partial charge in [0.1, 0.15) is 11.5 Å². The smallest absolute Gasteiger partial charge is 0.272 e. The molecule has 3 aromatic heterocycles. The topological polar surface area (TPSA) is 76.2 Å². The second-order valence-corrected chi connectivity index (χ2v) is 9.90. The number of hydrogen-bond donors (Lipinski definition) is 2. The van der Waals surface area contributed by atoms with E-state index in [1.54, 1.807) is 11.3 Å². The third-order valence-corrected chi connectivity index (χ3v) is 7.87. The van der Waals surface area contributed by atoms with Gasteiger partial charge in [-0.05, 0) is 48.3 Å². The Morgan fingerprint density at radius 3 is 2.62 bits per heavy atom. The lowest BCUT2D eigenvalue weighted by Gasteiger charge is -2.14. The molecule has 0 bridgehead atoms. The number of thiophene rings is 1. The van der Waals surface area contributed by atoms with E-state index in [4.69, 9.17) is 5.73 Å². The number of nitrogens with one attached hydrogen (secondary N) is 1. The number of hydrogen-bond acceptors (Lipinski definition) is 5. The van der Waals surface area contributed by atoms with Gasteiger partial charge in [0.25, 0.3) is 5.91 Å². The van der Waals surface area contributed by atoms with Gasteiger partial charge in [-0.2, -0.15) is 0 Å². The van der Waals surface area contributed by atoms with Crippen LogP contribution < -0.4 is 11.1 Å². The van der Waals surface area contributed by atoms with E-state index in [9.17, 15) is 4.79 Å². The zero-order valence-corrected chi connectivity index (χ0v) is 22.2.